The molecule has 0 amide bonds. The van der Waals surface area contributed by atoms with Crippen molar-refractivity contribution in [2.75, 3.05) is 20.1 Å². The lowest BCUT2D eigenvalue weighted by Gasteiger charge is -2.09. The van der Waals surface area contributed by atoms with Gasteiger partial charge in [-0.25, -0.2) is 0 Å². The Bertz CT molecular complexity index is 280. The number of rotatable bonds is 4. The quantitative estimate of drug-likeness (QED) is 0.754. The molecule has 1 fully saturated rings. The molecule has 1 saturated heterocycles. The molecule has 0 spiro atoms. The van der Waals surface area contributed by atoms with Crippen LogP contribution < -0.4 is 5.32 Å². The Morgan fingerprint density at radius 3 is 2.93 bits per heavy atom. The molecule has 1 aromatic heterocycles. The van der Waals surface area contributed by atoms with E-state index < -0.39 is 0 Å². The molecule has 1 N–H and O–H groups in total. The average molecular weight is 196 g/mol. The standard InChI is InChI=1S/C9H16N4O/c1-10-6-8-11-9(14-12-8)7-13-4-2-3-5-13/h10H,2-7H2,1H3. The summed E-state index contributed by atoms with van der Waals surface area (Å²) in [4.78, 5) is 6.63. The summed E-state index contributed by atoms with van der Waals surface area (Å²) < 4.78 is 5.14. The predicted octanol–water partition coefficient (Wildman–Crippen LogP) is 0.385. The van der Waals surface area contributed by atoms with E-state index in [0.717, 1.165) is 31.3 Å². The lowest BCUT2D eigenvalue weighted by atomic mass is 10.4. The molecule has 1 aromatic rings. The molecule has 2 heterocycles. The molecular formula is C9H16N4O. The van der Waals surface area contributed by atoms with E-state index in [1.165, 1.54) is 12.8 Å². The van der Waals surface area contributed by atoms with Crippen LogP contribution in [0.5, 0.6) is 0 Å². The highest BCUT2D eigenvalue weighted by atomic mass is 16.5. The fraction of sp³-hybridized carbons (Fsp3) is 0.778. The average Bonchev–Trinajstić information content (AvgIpc) is 2.79. The third kappa shape index (κ3) is 2.30. The number of hydrogen-bond acceptors (Lipinski definition) is 5. The van der Waals surface area contributed by atoms with Crippen molar-refractivity contribution in [1.82, 2.24) is 20.4 Å². The van der Waals surface area contributed by atoms with Gasteiger partial charge in [-0.2, -0.15) is 4.98 Å². The van der Waals surface area contributed by atoms with Gasteiger partial charge in [-0.3, -0.25) is 4.90 Å². The second-order valence-corrected chi connectivity index (χ2v) is 3.62. The number of nitrogens with zero attached hydrogens (tertiary/aromatic N) is 3. The molecule has 0 atom stereocenters. The highest BCUT2D eigenvalue weighted by Gasteiger charge is 2.15. The van der Waals surface area contributed by atoms with E-state index in [9.17, 15) is 0 Å². The lowest BCUT2D eigenvalue weighted by molar-refractivity contribution is 0.267. The van der Waals surface area contributed by atoms with Crippen molar-refractivity contribution in [2.45, 2.75) is 25.9 Å². The molecule has 14 heavy (non-hydrogen) atoms. The second kappa shape index (κ2) is 4.52. The van der Waals surface area contributed by atoms with Crippen LogP contribution in [0.25, 0.3) is 0 Å². The summed E-state index contributed by atoms with van der Waals surface area (Å²) in [5.74, 6) is 1.47. The minimum absolute atomic E-state index is 0.670. The SMILES string of the molecule is CNCc1noc(CN2CCCC2)n1. The normalized spacial score (nSPS) is 17.8. The van der Waals surface area contributed by atoms with Gasteiger partial charge in [-0.15, -0.1) is 0 Å². The van der Waals surface area contributed by atoms with Gasteiger partial charge < -0.3 is 9.84 Å². The van der Waals surface area contributed by atoms with Gasteiger partial charge in [0.25, 0.3) is 0 Å². The van der Waals surface area contributed by atoms with Crippen molar-refractivity contribution in [3.05, 3.63) is 11.7 Å². The molecule has 0 saturated carbocycles. The Balaban J connectivity index is 1.88. The zero-order valence-electron chi connectivity index (χ0n) is 8.49. The van der Waals surface area contributed by atoms with Gasteiger partial charge >= 0.3 is 0 Å². The first-order valence-corrected chi connectivity index (χ1v) is 5.07. The van der Waals surface area contributed by atoms with Crippen molar-refractivity contribution in [3.63, 3.8) is 0 Å². The predicted molar refractivity (Wildman–Crippen MR) is 51.6 cm³/mol. The minimum atomic E-state index is 0.670. The van der Waals surface area contributed by atoms with Gasteiger partial charge in [0, 0.05) is 0 Å². The van der Waals surface area contributed by atoms with E-state index in [2.05, 4.69) is 20.4 Å². The maximum absolute atomic E-state index is 5.14. The van der Waals surface area contributed by atoms with Crippen LogP contribution in [-0.4, -0.2) is 35.2 Å². The van der Waals surface area contributed by atoms with Crippen LogP contribution in [0.15, 0.2) is 4.52 Å². The molecule has 2 rings (SSSR count). The van der Waals surface area contributed by atoms with Crippen LogP contribution in [-0.2, 0) is 13.1 Å². The summed E-state index contributed by atoms with van der Waals surface area (Å²) in [5, 5.41) is 6.87. The van der Waals surface area contributed by atoms with E-state index in [4.69, 9.17) is 4.52 Å². The number of likely N-dealkylation sites (tertiary alicyclic amines) is 1. The number of aromatic nitrogens is 2. The maximum atomic E-state index is 5.14. The molecule has 5 heteroatoms. The molecule has 0 unspecified atom stereocenters. The van der Waals surface area contributed by atoms with Gasteiger partial charge in [-0.1, -0.05) is 5.16 Å². The van der Waals surface area contributed by atoms with Crippen LogP contribution >= 0.6 is 0 Å². The summed E-state index contributed by atoms with van der Waals surface area (Å²) >= 11 is 0. The largest absolute Gasteiger partial charge is 0.338 e. The van der Waals surface area contributed by atoms with Crippen LogP contribution in [0.2, 0.25) is 0 Å². The van der Waals surface area contributed by atoms with Crippen molar-refractivity contribution in [2.24, 2.45) is 0 Å². The Morgan fingerprint density at radius 2 is 2.21 bits per heavy atom. The van der Waals surface area contributed by atoms with Crippen LogP contribution in [0.4, 0.5) is 0 Å². The highest BCUT2D eigenvalue weighted by Crippen LogP contribution is 2.11. The molecule has 1 aliphatic rings. The van der Waals surface area contributed by atoms with Gasteiger partial charge in [0.05, 0.1) is 13.1 Å². The van der Waals surface area contributed by atoms with E-state index in [1.807, 2.05) is 7.05 Å². The van der Waals surface area contributed by atoms with Crippen molar-refractivity contribution >= 4 is 0 Å². The Hall–Kier alpha value is -0.940. The first kappa shape index (κ1) is 9.61. The monoisotopic (exact) mass is 196 g/mol. The van der Waals surface area contributed by atoms with E-state index in [0.29, 0.717) is 6.54 Å². The van der Waals surface area contributed by atoms with Crippen LogP contribution in [0.3, 0.4) is 0 Å². The van der Waals surface area contributed by atoms with E-state index in [-0.39, 0.29) is 0 Å². The topological polar surface area (TPSA) is 54.2 Å². The summed E-state index contributed by atoms with van der Waals surface area (Å²) in [6.07, 6.45) is 2.58. The third-order valence-corrected chi connectivity index (χ3v) is 2.40. The lowest BCUT2D eigenvalue weighted by Crippen LogP contribution is -2.18. The van der Waals surface area contributed by atoms with Gasteiger partial charge in [0.1, 0.15) is 0 Å². The fourth-order valence-electron chi connectivity index (χ4n) is 1.72. The van der Waals surface area contributed by atoms with Crippen molar-refractivity contribution < 1.29 is 4.52 Å². The van der Waals surface area contributed by atoms with Crippen molar-refractivity contribution in [3.8, 4) is 0 Å². The zero-order chi connectivity index (χ0) is 9.80. The second-order valence-electron chi connectivity index (χ2n) is 3.62. The smallest absolute Gasteiger partial charge is 0.240 e. The molecule has 5 nitrogen and oxygen atoms in total. The summed E-state index contributed by atoms with van der Waals surface area (Å²) in [6.45, 7) is 3.79. The van der Waals surface area contributed by atoms with E-state index in [1.54, 1.807) is 0 Å². The Morgan fingerprint density at radius 1 is 1.43 bits per heavy atom. The molecule has 0 aliphatic carbocycles. The van der Waals surface area contributed by atoms with E-state index >= 15 is 0 Å². The first-order chi connectivity index (χ1) is 6.88. The number of nitrogens with one attached hydrogen (secondary N) is 1. The first-order valence-electron chi connectivity index (χ1n) is 5.07. The third-order valence-electron chi connectivity index (χ3n) is 2.40. The molecule has 78 valence electrons. The fourth-order valence-corrected chi connectivity index (χ4v) is 1.72. The zero-order valence-corrected chi connectivity index (χ0v) is 8.49. The van der Waals surface area contributed by atoms with Gasteiger partial charge in [-0.05, 0) is 33.0 Å². The van der Waals surface area contributed by atoms with Gasteiger partial charge in [0.15, 0.2) is 5.82 Å². The summed E-state index contributed by atoms with van der Waals surface area (Å²) in [7, 11) is 1.87. The molecule has 1 aliphatic heterocycles. The Labute approximate surface area is 83.5 Å². The minimum Gasteiger partial charge on any atom is -0.338 e. The highest BCUT2D eigenvalue weighted by molar-refractivity contribution is 4.86. The van der Waals surface area contributed by atoms with Crippen LogP contribution in [0, 0.1) is 0 Å². The summed E-state index contributed by atoms with van der Waals surface area (Å²) in [5.41, 5.74) is 0. The molecule has 0 aromatic carbocycles. The maximum Gasteiger partial charge on any atom is 0.240 e. The van der Waals surface area contributed by atoms with Gasteiger partial charge in [0.2, 0.25) is 5.89 Å². The Kier molecular flexibility index (Phi) is 3.10. The molecule has 0 radical (unpaired) electrons. The van der Waals surface area contributed by atoms with Crippen LogP contribution in [0.1, 0.15) is 24.6 Å². The van der Waals surface area contributed by atoms with Crippen molar-refractivity contribution in [1.29, 1.82) is 0 Å². The number of hydrogen-bond donors (Lipinski definition) is 1. The summed E-state index contributed by atoms with van der Waals surface area (Å²) in [6, 6.07) is 0. The molecular weight excluding hydrogens is 180 g/mol. The molecule has 0 bridgehead atoms.